The molecular formula is C24H21N3O4. The fourth-order valence-electron chi connectivity index (χ4n) is 3.27. The second-order valence-electron chi connectivity index (χ2n) is 7.34. The Balaban J connectivity index is 1.64. The molecule has 4 aromatic rings. The molecule has 0 amide bonds. The van der Waals surface area contributed by atoms with Crippen LogP contribution in [0.15, 0.2) is 70.1 Å². The zero-order valence-electron chi connectivity index (χ0n) is 17.1. The quantitative estimate of drug-likeness (QED) is 0.224. The van der Waals surface area contributed by atoms with Crippen LogP contribution in [-0.2, 0) is 0 Å². The van der Waals surface area contributed by atoms with Crippen molar-refractivity contribution in [2.45, 2.75) is 26.2 Å². The number of aromatic nitrogens is 1. The average molecular weight is 415 g/mol. The number of hydrogen-bond donors (Lipinski definition) is 1. The molecule has 7 nitrogen and oxygen atoms in total. The number of oxazole rings is 1. The van der Waals surface area contributed by atoms with E-state index < -0.39 is 10.7 Å². The van der Waals surface area contributed by atoms with E-state index in [0.717, 1.165) is 23.1 Å². The fraction of sp³-hybridized carbons (Fsp3) is 0.167. The molecule has 0 fully saturated rings. The molecule has 31 heavy (non-hydrogen) atoms. The van der Waals surface area contributed by atoms with Crippen molar-refractivity contribution < 1.29 is 14.4 Å². The van der Waals surface area contributed by atoms with E-state index in [4.69, 9.17) is 4.42 Å². The summed E-state index contributed by atoms with van der Waals surface area (Å²) in [5.41, 5.74) is 4.02. The number of nitro benzene ring substituents is 1. The zero-order valence-corrected chi connectivity index (χ0v) is 17.1. The first-order chi connectivity index (χ1) is 15.0. The van der Waals surface area contributed by atoms with Crippen molar-refractivity contribution in [3.05, 3.63) is 81.9 Å². The lowest BCUT2D eigenvalue weighted by atomic mass is 9.98. The standard InChI is InChI=1S/C24H21N3O4/c1-3-15(2)16-10-11-22-20(13-16)26-24(31-22)17-6-4-8-19(12-17)25-14-18-7-5-9-21(23(18)28)27(29)30/h4-15,28H,3H2,1-2H3/t15-/m1/s1. The molecule has 1 aromatic heterocycles. The minimum Gasteiger partial charge on any atom is -0.502 e. The molecule has 4 rings (SSSR count). The van der Waals surface area contributed by atoms with Crippen molar-refractivity contribution in [1.29, 1.82) is 0 Å². The zero-order chi connectivity index (χ0) is 22.0. The van der Waals surface area contributed by atoms with Gasteiger partial charge in [-0.1, -0.05) is 32.0 Å². The minimum atomic E-state index is -0.632. The molecule has 0 saturated heterocycles. The van der Waals surface area contributed by atoms with E-state index in [2.05, 4.69) is 36.0 Å². The predicted octanol–water partition coefficient (Wildman–Crippen LogP) is 6.37. The minimum absolute atomic E-state index is 0.263. The Morgan fingerprint density at radius 1 is 1.19 bits per heavy atom. The molecule has 0 unspecified atom stereocenters. The second kappa shape index (κ2) is 8.39. The van der Waals surface area contributed by atoms with Crippen molar-refractivity contribution in [2.75, 3.05) is 0 Å². The molecule has 0 radical (unpaired) electrons. The van der Waals surface area contributed by atoms with Crippen molar-refractivity contribution in [3.63, 3.8) is 0 Å². The Hall–Kier alpha value is -4.00. The van der Waals surface area contributed by atoms with Gasteiger partial charge < -0.3 is 9.52 Å². The molecule has 0 bridgehead atoms. The van der Waals surface area contributed by atoms with Crippen LogP contribution in [0, 0.1) is 10.1 Å². The van der Waals surface area contributed by atoms with Crippen LogP contribution in [0.1, 0.15) is 37.3 Å². The number of nitrogens with zero attached hydrogens (tertiary/aromatic N) is 3. The Kier molecular flexibility index (Phi) is 5.49. The number of para-hydroxylation sites is 1. The smallest absolute Gasteiger partial charge is 0.311 e. The monoisotopic (exact) mass is 415 g/mol. The largest absolute Gasteiger partial charge is 0.502 e. The van der Waals surface area contributed by atoms with Gasteiger partial charge >= 0.3 is 5.69 Å². The third kappa shape index (κ3) is 4.16. The molecule has 156 valence electrons. The highest BCUT2D eigenvalue weighted by molar-refractivity contribution is 5.87. The van der Waals surface area contributed by atoms with E-state index in [-0.39, 0.29) is 11.3 Å². The molecule has 7 heteroatoms. The van der Waals surface area contributed by atoms with E-state index in [1.807, 2.05) is 24.3 Å². The van der Waals surface area contributed by atoms with Gasteiger partial charge in [0.25, 0.3) is 0 Å². The lowest BCUT2D eigenvalue weighted by molar-refractivity contribution is -0.385. The van der Waals surface area contributed by atoms with Crippen LogP contribution in [0.3, 0.4) is 0 Å². The van der Waals surface area contributed by atoms with E-state index in [0.29, 0.717) is 17.5 Å². The number of fused-ring (bicyclic) bond motifs is 1. The summed E-state index contributed by atoms with van der Waals surface area (Å²) in [7, 11) is 0. The first-order valence-electron chi connectivity index (χ1n) is 9.97. The molecule has 0 saturated carbocycles. The number of hydrogen-bond acceptors (Lipinski definition) is 6. The summed E-state index contributed by atoms with van der Waals surface area (Å²) in [6, 6.07) is 17.7. The normalized spacial score (nSPS) is 12.5. The number of rotatable bonds is 6. The van der Waals surface area contributed by atoms with E-state index in [1.54, 1.807) is 12.1 Å². The lowest BCUT2D eigenvalue weighted by Crippen LogP contribution is -1.91. The van der Waals surface area contributed by atoms with Crippen LogP contribution >= 0.6 is 0 Å². The fourth-order valence-corrected chi connectivity index (χ4v) is 3.27. The maximum atomic E-state index is 11.0. The Bertz CT molecular complexity index is 1290. The number of nitro groups is 1. The topological polar surface area (TPSA) is 102 Å². The van der Waals surface area contributed by atoms with Crippen molar-refractivity contribution >= 4 is 28.7 Å². The van der Waals surface area contributed by atoms with Crippen LogP contribution in [-0.4, -0.2) is 21.2 Å². The van der Waals surface area contributed by atoms with Gasteiger partial charge in [0.2, 0.25) is 11.6 Å². The average Bonchev–Trinajstić information content (AvgIpc) is 3.21. The SMILES string of the molecule is CC[C@@H](C)c1ccc2oc(-c3cccc(N=Cc4cccc([N+](=O)[O-])c4O)c3)nc2c1. The molecule has 1 N–H and O–H groups in total. The Morgan fingerprint density at radius 2 is 2.00 bits per heavy atom. The van der Waals surface area contributed by atoms with Crippen LogP contribution < -0.4 is 0 Å². The third-order valence-corrected chi connectivity index (χ3v) is 5.28. The van der Waals surface area contributed by atoms with Crippen LogP contribution in [0.25, 0.3) is 22.6 Å². The van der Waals surface area contributed by atoms with Crippen LogP contribution in [0.4, 0.5) is 11.4 Å². The molecular weight excluding hydrogens is 394 g/mol. The van der Waals surface area contributed by atoms with Gasteiger partial charge in [-0.05, 0) is 54.3 Å². The van der Waals surface area contributed by atoms with E-state index in [1.165, 1.54) is 23.9 Å². The molecule has 0 aliphatic carbocycles. The summed E-state index contributed by atoms with van der Waals surface area (Å²) in [5, 5.41) is 21.1. The Morgan fingerprint density at radius 3 is 2.77 bits per heavy atom. The summed E-state index contributed by atoms with van der Waals surface area (Å²) >= 11 is 0. The Labute approximate surface area is 178 Å². The summed E-state index contributed by atoms with van der Waals surface area (Å²) in [6.45, 7) is 4.34. The van der Waals surface area contributed by atoms with Gasteiger partial charge in [-0.15, -0.1) is 0 Å². The maximum Gasteiger partial charge on any atom is 0.311 e. The van der Waals surface area contributed by atoms with E-state index in [9.17, 15) is 15.2 Å². The van der Waals surface area contributed by atoms with Gasteiger partial charge in [0.1, 0.15) is 5.52 Å². The summed E-state index contributed by atoms with van der Waals surface area (Å²) < 4.78 is 5.92. The van der Waals surface area contributed by atoms with Gasteiger partial charge in [0, 0.05) is 23.4 Å². The van der Waals surface area contributed by atoms with Gasteiger partial charge in [0.05, 0.1) is 10.6 Å². The molecule has 0 aliphatic heterocycles. The highest BCUT2D eigenvalue weighted by atomic mass is 16.6. The van der Waals surface area contributed by atoms with E-state index >= 15 is 0 Å². The lowest BCUT2D eigenvalue weighted by Gasteiger charge is -2.07. The number of phenolic OH excluding ortho intramolecular Hbond substituents is 1. The van der Waals surface area contributed by atoms with Gasteiger partial charge in [0.15, 0.2) is 5.58 Å². The highest BCUT2D eigenvalue weighted by Crippen LogP contribution is 2.31. The highest BCUT2D eigenvalue weighted by Gasteiger charge is 2.15. The van der Waals surface area contributed by atoms with Crippen LogP contribution in [0.5, 0.6) is 5.75 Å². The third-order valence-electron chi connectivity index (χ3n) is 5.28. The molecule has 1 heterocycles. The second-order valence-corrected chi connectivity index (χ2v) is 7.34. The maximum absolute atomic E-state index is 11.0. The van der Waals surface area contributed by atoms with Crippen molar-refractivity contribution in [2.24, 2.45) is 4.99 Å². The van der Waals surface area contributed by atoms with Gasteiger partial charge in [-0.2, -0.15) is 0 Å². The summed E-state index contributed by atoms with van der Waals surface area (Å²) in [6.07, 6.45) is 2.45. The van der Waals surface area contributed by atoms with Gasteiger partial charge in [-0.25, -0.2) is 4.98 Å². The summed E-state index contributed by atoms with van der Waals surface area (Å²) in [5.74, 6) is 0.530. The molecule has 1 atom stereocenters. The van der Waals surface area contributed by atoms with Crippen LogP contribution in [0.2, 0.25) is 0 Å². The number of benzene rings is 3. The predicted molar refractivity (Wildman–Crippen MR) is 120 cm³/mol. The number of aromatic hydroxyl groups is 1. The summed E-state index contributed by atoms with van der Waals surface area (Å²) in [4.78, 5) is 19.3. The van der Waals surface area contributed by atoms with Crippen molar-refractivity contribution in [1.82, 2.24) is 4.98 Å². The first-order valence-corrected chi connectivity index (χ1v) is 9.97. The van der Waals surface area contributed by atoms with Crippen molar-refractivity contribution in [3.8, 4) is 17.2 Å². The first kappa shape index (κ1) is 20.3. The number of phenols is 1. The molecule has 0 spiro atoms. The molecule has 3 aromatic carbocycles. The van der Waals surface area contributed by atoms with Gasteiger partial charge in [-0.3, -0.25) is 15.1 Å². The molecule has 0 aliphatic rings. The number of aliphatic imine (C=N–C) groups is 1.